The van der Waals surface area contributed by atoms with Gasteiger partial charge in [0.05, 0.1) is 30.5 Å². The number of nitrogens with one attached hydrogen (secondary N) is 1. The molecular weight excluding hydrogens is 510 g/mol. The number of furan rings is 1. The summed E-state index contributed by atoms with van der Waals surface area (Å²) < 4.78 is 17.6. The van der Waals surface area contributed by atoms with Crippen LogP contribution >= 0.6 is 12.2 Å². The first kappa shape index (κ1) is 25.1. The summed E-state index contributed by atoms with van der Waals surface area (Å²) in [6, 6.07) is 24.4. The standard InChI is InChI=1S/C31H29N3O4S/c1-36-30(35)24-11-5-4-10-23(24)26-17-18-27(38-26)29-28(25-12-6-7-19-32-25)33-31(39)34(29)20-13-15-22(16-14-20)37-21-8-2-3-9-21/h4-7,10-19,21,28-29H,2-3,8-9H2,1H3,(H,33,39)/t28-,29+/m1/s1. The molecule has 1 aliphatic carbocycles. The number of nitrogens with zero attached hydrogens (tertiary/aromatic N) is 2. The molecule has 4 aromatic rings. The molecule has 1 N–H and O–H groups in total. The summed E-state index contributed by atoms with van der Waals surface area (Å²) in [5.41, 5.74) is 2.87. The van der Waals surface area contributed by atoms with Gasteiger partial charge < -0.3 is 24.1 Å². The summed E-state index contributed by atoms with van der Waals surface area (Å²) in [6.07, 6.45) is 6.73. The van der Waals surface area contributed by atoms with Crippen molar-refractivity contribution in [2.75, 3.05) is 12.0 Å². The minimum absolute atomic E-state index is 0.247. The van der Waals surface area contributed by atoms with Gasteiger partial charge in [0.15, 0.2) is 5.11 Å². The van der Waals surface area contributed by atoms with Crippen LogP contribution in [0.5, 0.6) is 5.75 Å². The number of methoxy groups -OCH3 is 1. The van der Waals surface area contributed by atoms with Crippen molar-refractivity contribution in [1.29, 1.82) is 0 Å². The molecule has 3 heterocycles. The zero-order valence-electron chi connectivity index (χ0n) is 21.6. The van der Waals surface area contributed by atoms with E-state index < -0.39 is 5.97 Å². The molecule has 2 aliphatic rings. The van der Waals surface area contributed by atoms with Crippen LogP contribution in [0.1, 0.15) is 59.6 Å². The molecule has 2 atom stereocenters. The number of hydrogen-bond donors (Lipinski definition) is 1. The summed E-state index contributed by atoms with van der Waals surface area (Å²) in [6.45, 7) is 0. The monoisotopic (exact) mass is 539 g/mol. The second-order valence-corrected chi connectivity index (χ2v) is 10.1. The lowest BCUT2D eigenvalue weighted by Gasteiger charge is -2.26. The number of hydrogen-bond acceptors (Lipinski definition) is 6. The molecule has 1 saturated carbocycles. The van der Waals surface area contributed by atoms with Gasteiger partial charge in [0.1, 0.15) is 23.3 Å². The SMILES string of the molecule is COC(=O)c1ccccc1-c1ccc([C@H]2[C@@H](c3ccccn3)NC(=S)N2c2ccc(OC3CCCC3)cc2)o1. The Bertz CT molecular complexity index is 1460. The Labute approximate surface area is 232 Å². The third-order valence-electron chi connectivity index (χ3n) is 7.33. The maximum atomic E-state index is 12.4. The van der Waals surface area contributed by atoms with Crippen molar-refractivity contribution < 1.29 is 18.7 Å². The molecule has 7 nitrogen and oxygen atoms in total. The lowest BCUT2D eigenvalue weighted by molar-refractivity contribution is 0.0601. The van der Waals surface area contributed by atoms with E-state index in [9.17, 15) is 4.79 Å². The van der Waals surface area contributed by atoms with Gasteiger partial charge in [-0.15, -0.1) is 0 Å². The first-order valence-corrected chi connectivity index (χ1v) is 13.6. The van der Waals surface area contributed by atoms with Gasteiger partial charge in [0, 0.05) is 17.4 Å². The van der Waals surface area contributed by atoms with Crippen LogP contribution in [-0.4, -0.2) is 29.3 Å². The number of carbonyl (C=O) groups excluding carboxylic acids is 1. The minimum Gasteiger partial charge on any atom is -0.490 e. The molecule has 2 fully saturated rings. The highest BCUT2D eigenvalue weighted by atomic mass is 32.1. The highest BCUT2D eigenvalue weighted by Gasteiger charge is 2.42. The predicted molar refractivity (Wildman–Crippen MR) is 153 cm³/mol. The fourth-order valence-corrected chi connectivity index (χ4v) is 5.79. The normalized spacial score (nSPS) is 19.2. The maximum absolute atomic E-state index is 12.4. The Morgan fingerprint density at radius 3 is 2.51 bits per heavy atom. The molecule has 2 aromatic heterocycles. The summed E-state index contributed by atoms with van der Waals surface area (Å²) in [5, 5.41) is 4.03. The lowest BCUT2D eigenvalue weighted by Crippen LogP contribution is -2.29. The number of benzene rings is 2. The fourth-order valence-electron chi connectivity index (χ4n) is 5.45. The van der Waals surface area contributed by atoms with Crippen molar-refractivity contribution in [2.24, 2.45) is 0 Å². The number of pyridine rings is 1. The number of rotatable bonds is 7. The van der Waals surface area contributed by atoms with Crippen molar-refractivity contribution in [1.82, 2.24) is 10.3 Å². The molecule has 0 bridgehead atoms. The average Bonchev–Trinajstić information content (AvgIpc) is 3.74. The molecular formula is C31H29N3O4S. The highest BCUT2D eigenvalue weighted by molar-refractivity contribution is 7.80. The smallest absolute Gasteiger partial charge is 0.338 e. The molecule has 39 heavy (non-hydrogen) atoms. The molecule has 0 unspecified atom stereocenters. The number of ether oxygens (including phenoxy) is 2. The molecule has 8 heteroatoms. The quantitative estimate of drug-likeness (QED) is 0.207. The van der Waals surface area contributed by atoms with Crippen molar-refractivity contribution >= 4 is 29.0 Å². The minimum atomic E-state index is -0.417. The van der Waals surface area contributed by atoms with Crippen molar-refractivity contribution in [3.8, 4) is 17.1 Å². The van der Waals surface area contributed by atoms with Crippen molar-refractivity contribution in [2.45, 2.75) is 43.9 Å². The van der Waals surface area contributed by atoms with Crippen LogP contribution in [0.3, 0.4) is 0 Å². The highest BCUT2D eigenvalue weighted by Crippen LogP contribution is 2.43. The number of thiocarbonyl (C=S) groups is 1. The summed E-state index contributed by atoms with van der Waals surface area (Å²) in [7, 11) is 1.37. The van der Waals surface area contributed by atoms with Gasteiger partial charge in [0.2, 0.25) is 0 Å². The molecule has 1 saturated heterocycles. The lowest BCUT2D eigenvalue weighted by atomic mass is 10.0. The fraction of sp³-hybridized carbons (Fsp3) is 0.258. The van der Waals surface area contributed by atoms with Crippen LogP contribution in [0.25, 0.3) is 11.3 Å². The molecule has 0 radical (unpaired) electrons. The van der Waals surface area contributed by atoms with E-state index in [1.54, 1.807) is 18.3 Å². The summed E-state index contributed by atoms with van der Waals surface area (Å²) in [4.78, 5) is 19.1. The zero-order valence-corrected chi connectivity index (χ0v) is 22.4. The number of anilines is 1. The molecule has 0 amide bonds. The Morgan fingerprint density at radius 2 is 1.77 bits per heavy atom. The Morgan fingerprint density at radius 1 is 1.00 bits per heavy atom. The molecule has 2 aromatic carbocycles. The molecule has 0 spiro atoms. The van der Waals surface area contributed by atoms with Gasteiger partial charge in [-0.05, 0) is 92.5 Å². The first-order valence-electron chi connectivity index (χ1n) is 13.2. The predicted octanol–water partition coefficient (Wildman–Crippen LogP) is 6.63. The molecule has 1 aliphatic heterocycles. The zero-order chi connectivity index (χ0) is 26.8. The van der Waals surface area contributed by atoms with Crippen LogP contribution in [0.4, 0.5) is 5.69 Å². The van der Waals surface area contributed by atoms with E-state index in [4.69, 9.17) is 26.1 Å². The maximum Gasteiger partial charge on any atom is 0.338 e. The second-order valence-electron chi connectivity index (χ2n) is 9.75. The van der Waals surface area contributed by atoms with Crippen molar-refractivity contribution in [3.05, 3.63) is 102 Å². The topological polar surface area (TPSA) is 76.8 Å². The van der Waals surface area contributed by atoms with Crippen LogP contribution in [0.2, 0.25) is 0 Å². The number of carbonyl (C=O) groups is 1. The Kier molecular flexibility index (Phi) is 7.02. The van der Waals surface area contributed by atoms with E-state index in [0.29, 0.717) is 33.9 Å². The van der Waals surface area contributed by atoms with Gasteiger partial charge in [-0.1, -0.05) is 24.3 Å². The van der Waals surface area contributed by atoms with E-state index in [1.165, 1.54) is 20.0 Å². The van der Waals surface area contributed by atoms with Gasteiger partial charge >= 0.3 is 5.97 Å². The number of aromatic nitrogens is 1. The van der Waals surface area contributed by atoms with E-state index in [2.05, 4.69) is 15.2 Å². The molecule has 6 rings (SSSR count). The van der Waals surface area contributed by atoms with Crippen molar-refractivity contribution in [3.63, 3.8) is 0 Å². The summed E-state index contributed by atoms with van der Waals surface area (Å²) in [5.74, 6) is 1.71. The Hall–Kier alpha value is -4.17. The first-order chi connectivity index (χ1) is 19.1. The van der Waals surface area contributed by atoms with Gasteiger partial charge in [-0.2, -0.15) is 0 Å². The van der Waals surface area contributed by atoms with E-state index in [1.807, 2.05) is 66.7 Å². The van der Waals surface area contributed by atoms with E-state index >= 15 is 0 Å². The third-order valence-corrected chi connectivity index (χ3v) is 7.65. The largest absolute Gasteiger partial charge is 0.490 e. The molecule has 198 valence electrons. The Balaban J connectivity index is 1.37. The van der Waals surface area contributed by atoms with Crippen LogP contribution < -0.4 is 15.0 Å². The van der Waals surface area contributed by atoms with Gasteiger partial charge in [-0.25, -0.2) is 4.79 Å². The van der Waals surface area contributed by atoms with Crippen LogP contribution in [0, 0.1) is 0 Å². The average molecular weight is 540 g/mol. The van der Waals surface area contributed by atoms with Crippen LogP contribution in [-0.2, 0) is 4.74 Å². The van der Waals surface area contributed by atoms with Gasteiger partial charge in [0.25, 0.3) is 0 Å². The number of esters is 1. The second kappa shape index (κ2) is 10.9. The van der Waals surface area contributed by atoms with Crippen LogP contribution in [0.15, 0.2) is 89.5 Å². The summed E-state index contributed by atoms with van der Waals surface area (Å²) >= 11 is 5.85. The third kappa shape index (κ3) is 5.00. The van der Waals surface area contributed by atoms with E-state index in [-0.39, 0.29) is 12.1 Å². The van der Waals surface area contributed by atoms with Gasteiger partial charge in [-0.3, -0.25) is 4.98 Å². The van der Waals surface area contributed by atoms with E-state index in [0.717, 1.165) is 30.0 Å².